The SMILES string of the molecule is C[C@]12CC[C@H]3[C@@H](C[C@@H](NCCc4cnc[nH]4)[C@@]4(O)C[C@@H](O)CC[C@]34C)[C@@H]1CCC2O. The van der Waals surface area contributed by atoms with Gasteiger partial charge in [-0.15, -0.1) is 0 Å². The van der Waals surface area contributed by atoms with Crippen LogP contribution in [0.1, 0.15) is 70.9 Å². The van der Waals surface area contributed by atoms with Crippen molar-refractivity contribution in [1.82, 2.24) is 15.3 Å². The predicted octanol–water partition coefficient (Wildman–Crippen LogP) is 2.40. The van der Waals surface area contributed by atoms with Gasteiger partial charge in [0.05, 0.1) is 24.1 Å². The second-order valence-electron chi connectivity index (χ2n) is 11.3. The maximum absolute atomic E-state index is 12.1. The Morgan fingerprint density at radius 2 is 1.97 bits per heavy atom. The first kappa shape index (κ1) is 20.9. The molecular formula is C24H39N3O3. The van der Waals surface area contributed by atoms with E-state index in [9.17, 15) is 15.3 Å². The molecule has 1 aromatic rings. The Hall–Kier alpha value is -0.950. The second kappa shape index (κ2) is 7.29. The molecule has 9 atom stereocenters. The minimum atomic E-state index is -0.884. The van der Waals surface area contributed by atoms with Gasteiger partial charge in [0.15, 0.2) is 0 Å². The number of fused-ring (bicyclic) bond motifs is 5. The van der Waals surface area contributed by atoms with Crippen LogP contribution in [0.4, 0.5) is 0 Å². The van der Waals surface area contributed by atoms with E-state index in [-0.39, 0.29) is 23.0 Å². The van der Waals surface area contributed by atoms with Crippen molar-refractivity contribution in [3.8, 4) is 0 Å². The number of aliphatic hydroxyl groups excluding tert-OH is 2. The molecule has 0 bridgehead atoms. The van der Waals surface area contributed by atoms with Crippen molar-refractivity contribution < 1.29 is 15.3 Å². The number of nitrogens with zero attached hydrogens (tertiary/aromatic N) is 1. The van der Waals surface area contributed by atoms with Gasteiger partial charge in [0.25, 0.3) is 0 Å². The number of rotatable bonds is 4. The van der Waals surface area contributed by atoms with E-state index in [1.54, 1.807) is 6.33 Å². The first-order chi connectivity index (χ1) is 14.3. The van der Waals surface area contributed by atoms with Crippen LogP contribution in [-0.4, -0.2) is 55.7 Å². The Labute approximate surface area is 179 Å². The summed E-state index contributed by atoms with van der Waals surface area (Å²) in [6.07, 6.45) is 11.1. The zero-order valence-electron chi connectivity index (χ0n) is 18.5. The molecule has 6 heteroatoms. The lowest BCUT2D eigenvalue weighted by Crippen LogP contribution is -2.71. The average molecular weight is 418 g/mol. The molecule has 5 rings (SSSR count). The van der Waals surface area contributed by atoms with Gasteiger partial charge in [-0.2, -0.15) is 0 Å². The van der Waals surface area contributed by atoms with Crippen LogP contribution in [0, 0.1) is 28.6 Å². The topological polar surface area (TPSA) is 101 Å². The van der Waals surface area contributed by atoms with Crippen molar-refractivity contribution in [2.45, 2.75) is 95.5 Å². The van der Waals surface area contributed by atoms with Crippen molar-refractivity contribution in [2.75, 3.05) is 6.54 Å². The van der Waals surface area contributed by atoms with Gasteiger partial charge in [-0.3, -0.25) is 0 Å². The van der Waals surface area contributed by atoms with Crippen LogP contribution in [-0.2, 0) is 6.42 Å². The van der Waals surface area contributed by atoms with Crippen LogP contribution in [0.2, 0.25) is 0 Å². The number of hydrogen-bond donors (Lipinski definition) is 5. The second-order valence-corrected chi connectivity index (χ2v) is 11.3. The molecule has 0 aliphatic heterocycles. The largest absolute Gasteiger partial charge is 0.393 e. The summed E-state index contributed by atoms with van der Waals surface area (Å²) in [5.41, 5.74) is 0.0565. The van der Waals surface area contributed by atoms with Crippen molar-refractivity contribution in [2.24, 2.45) is 28.6 Å². The number of aromatic nitrogens is 2. The minimum absolute atomic E-state index is 0.0262. The fourth-order valence-electron chi connectivity index (χ4n) is 8.33. The number of nitrogens with one attached hydrogen (secondary N) is 2. The molecular weight excluding hydrogens is 378 g/mol. The molecule has 1 aromatic heterocycles. The number of aromatic amines is 1. The number of imidazole rings is 1. The molecule has 1 heterocycles. The number of hydrogen-bond acceptors (Lipinski definition) is 5. The molecule has 0 saturated heterocycles. The lowest BCUT2D eigenvalue weighted by atomic mass is 9.42. The minimum Gasteiger partial charge on any atom is -0.393 e. The molecule has 4 aliphatic rings. The van der Waals surface area contributed by atoms with E-state index < -0.39 is 11.7 Å². The lowest BCUT2D eigenvalue weighted by molar-refractivity contribution is -0.234. The third kappa shape index (κ3) is 2.94. The quantitative estimate of drug-likeness (QED) is 0.518. The van der Waals surface area contributed by atoms with E-state index in [0.717, 1.165) is 63.6 Å². The molecule has 4 aliphatic carbocycles. The summed E-state index contributed by atoms with van der Waals surface area (Å²) >= 11 is 0. The Kier molecular flexibility index (Phi) is 5.09. The molecule has 168 valence electrons. The van der Waals surface area contributed by atoms with Gasteiger partial charge in [-0.05, 0) is 68.1 Å². The molecule has 0 radical (unpaired) electrons. The smallest absolute Gasteiger partial charge is 0.0921 e. The van der Waals surface area contributed by atoms with E-state index >= 15 is 0 Å². The molecule has 1 unspecified atom stereocenters. The van der Waals surface area contributed by atoms with E-state index in [1.807, 2.05) is 6.20 Å². The molecule has 5 N–H and O–H groups in total. The summed E-state index contributed by atoms with van der Waals surface area (Å²) in [5, 5.41) is 37.1. The first-order valence-corrected chi connectivity index (χ1v) is 12.1. The Balaban J connectivity index is 1.43. The van der Waals surface area contributed by atoms with E-state index in [4.69, 9.17) is 0 Å². The van der Waals surface area contributed by atoms with E-state index in [1.165, 1.54) is 0 Å². The molecule has 4 fully saturated rings. The Morgan fingerprint density at radius 1 is 1.13 bits per heavy atom. The van der Waals surface area contributed by atoms with Crippen LogP contribution in [0.15, 0.2) is 12.5 Å². The standard InChI is InChI=1S/C24H39N3O3/c1-22-8-6-19-17(18(22)3-4-21(22)29)11-20(26-10-7-15-13-25-14-27-15)24(30)12-16(28)5-9-23(19,24)2/h13-14,16-21,26,28-30H,3-12H2,1-2H3,(H,25,27)/t16-,17-,18-,19-,20+,21?,22-,23+,24-/m0/s1. The van der Waals surface area contributed by atoms with Gasteiger partial charge < -0.3 is 25.6 Å². The van der Waals surface area contributed by atoms with E-state index in [0.29, 0.717) is 24.2 Å². The average Bonchev–Trinajstić information content (AvgIpc) is 3.32. The van der Waals surface area contributed by atoms with E-state index in [2.05, 4.69) is 29.1 Å². The van der Waals surface area contributed by atoms with Crippen molar-refractivity contribution >= 4 is 0 Å². The van der Waals surface area contributed by atoms with Gasteiger partial charge in [0.1, 0.15) is 0 Å². The van der Waals surface area contributed by atoms with Gasteiger partial charge in [-0.25, -0.2) is 4.98 Å². The normalized spacial score (nSPS) is 50.6. The fraction of sp³-hybridized carbons (Fsp3) is 0.875. The van der Waals surface area contributed by atoms with Crippen LogP contribution < -0.4 is 5.32 Å². The summed E-state index contributed by atoms with van der Waals surface area (Å²) in [4.78, 5) is 7.26. The van der Waals surface area contributed by atoms with Crippen LogP contribution >= 0.6 is 0 Å². The zero-order valence-corrected chi connectivity index (χ0v) is 18.5. The Morgan fingerprint density at radius 3 is 2.73 bits per heavy atom. The molecule has 0 spiro atoms. The van der Waals surface area contributed by atoms with Gasteiger partial charge in [0, 0.05) is 42.7 Å². The van der Waals surface area contributed by atoms with Gasteiger partial charge in [0.2, 0.25) is 0 Å². The fourth-order valence-corrected chi connectivity index (χ4v) is 8.33. The highest BCUT2D eigenvalue weighted by molar-refractivity contribution is 5.18. The Bertz CT molecular complexity index is 757. The molecule has 0 amide bonds. The monoisotopic (exact) mass is 417 g/mol. The molecule has 4 saturated carbocycles. The van der Waals surface area contributed by atoms with Crippen molar-refractivity contribution in [1.29, 1.82) is 0 Å². The number of H-pyrrole nitrogens is 1. The summed E-state index contributed by atoms with van der Waals surface area (Å²) in [5.74, 6) is 1.55. The first-order valence-electron chi connectivity index (χ1n) is 12.1. The summed E-state index contributed by atoms with van der Waals surface area (Å²) in [6, 6.07) is -0.0262. The predicted molar refractivity (Wildman–Crippen MR) is 115 cm³/mol. The van der Waals surface area contributed by atoms with Crippen molar-refractivity contribution in [3.05, 3.63) is 18.2 Å². The van der Waals surface area contributed by atoms with Crippen LogP contribution in [0.3, 0.4) is 0 Å². The third-order valence-corrected chi connectivity index (χ3v) is 10.2. The van der Waals surface area contributed by atoms with Gasteiger partial charge in [-0.1, -0.05) is 13.8 Å². The maximum atomic E-state index is 12.1. The van der Waals surface area contributed by atoms with Crippen LogP contribution in [0.5, 0.6) is 0 Å². The third-order valence-electron chi connectivity index (χ3n) is 10.2. The molecule has 30 heavy (non-hydrogen) atoms. The summed E-state index contributed by atoms with van der Waals surface area (Å²) < 4.78 is 0. The molecule has 6 nitrogen and oxygen atoms in total. The zero-order chi connectivity index (χ0) is 21.1. The number of aliphatic hydroxyl groups is 3. The van der Waals surface area contributed by atoms with Crippen LogP contribution in [0.25, 0.3) is 0 Å². The highest BCUT2D eigenvalue weighted by atomic mass is 16.3. The maximum Gasteiger partial charge on any atom is 0.0921 e. The highest BCUT2D eigenvalue weighted by Crippen LogP contribution is 2.67. The summed E-state index contributed by atoms with van der Waals surface area (Å²) in [6.45, 7) is 5.39. The van der Waals surface area contributed by atoms with Gasteiger partial charge >= 0.3 is 0 Å². The summed E-state index contributed by atoms with van der Waals surface area (Å²) in [7, 11) is 0. The lowest BCUT2D eigenvalue weighted by Gasteiger charge is -2.66. The van der Waals surface area contributed by atoms with Crippen molar-refractivity contribution in [3.63, 3.8) is 0 Å². The molecule has 0 aromatic carbocycles. The highest BCUT2D eigenvalue weighted by Gasteiger charge is 2.67.